The molecule has 0 amide bonds. The fraction of sp³-hybridized carbons (Fsp3) is 0.733. The minimum absolute atomic E-state index is 0.173. The summed E-state index contributed by atoms with van der Waals surface area (Å²) in [5, 5.41) is 10.7. The molecule has 1 aromatic rings. The summed E-state index contributed by atoms with van der Waals surface area (Å²) in [6.07, 6.45) is 6.81. The van der Waals surface area contributed by atoms with E-state index in [1.54, 1.807) is 11.3 Å². The van der Waals surface area contributed by atoms with Crippen molar-refractivity contribution in [3.8, 4) is 0 Å². The molecular formula is C15H23BrOS. The van der Waals surface area contributed by atoms with Gasteiger partial charge in [0.1, 0.15) is 0 Å². The van der Waals surface area contributed by atoms with Crippen LogP contribution in [0.25, 0.3) is 0 Å². The first-order valence-electron chi connectivity index (χ1n) is 6.94. The van der Waals surface area contributed by atoms with Gasteiger partial charge in [0.05, 0.1) is 9.89 Å². The molecule has 102 valence electrons. The van der Waals surface area contributed by atoms with Crippen LogP contribution in [0.4, 0.5) is 0 Å². The Bertz CT molecular complexity index is 380. The number of hydrogen-bond acceptors (Lipinski definition) is 2. The second-order valence-electron chi connectivity index (χ2n) is 6.09. The molecule has 0 aliphatic heterocycles. The monoisotopic (exact) mass is 330 g/mol. The Hall–Kier alpha value is 0.140. The van der Waals surface area contributed by atoms with Gasteiger partial charge in [-0.1, -0.05) is 26.7 Å². The number of halogens is 1. The predicted molar refractivity (Wildman–Crippen MR) is 82.1 cm³/mol. The molecule has 1 aliphatic carbocycles. The SMILES string of the molecule is CC(C)CC1(C(O)Cc2ccc(Br)s2)CCCC1. The van der Waals surface area contributed by atoms with E-state index in [1.165, 1.54) is 37.0 Å². The van der Waals surface area contributed by atoms with Gasteiger partial charge < -0.3 is 5.11 Å². The quantitative estimate of drug-likeness (QED) is 0.803. The highest BCUT2D eigenvalue weighted by Gasteiger charge is 2.40. The van der Waals surface area contributed by atoms with Crippen molar-refractivity contribution in [1.29, 1.82) is 0 Å². The molecule has 1 N–H and O–H groups in total. The van der Waals surface area contributed by atoms with E-state index < -0.39 is 0 Å². The molecule has 1 atom stereocenters. The lowest BCUT2D eigenvalue weighted by Crippen LogP contribution is -2.35. The Morgan fingerprint density at radius 2 is 2.00 bits per heavy atom. The van der Waals surface area contributed by atoms with Crippen molar-refractivity contribution in [2.75, 3.05) is 0 Å². The molecule has 1 heterocycles. The Morgan fingerprint density at radius 1 is 1.33 bits per heavy atom. The molecule has 0 aromatic carbocycles. The van der Waals surface area contributed by atoms with Gasteiger partial charge >= 0.3 is 0 Å². The third-order valence-electron chi connectivity index (χ3n) is 4.14. The largest absolute Gasteiger partial charge is 0.392 e. The smallest absolute Gasteiger partial charge is 0.0701 e. The third-order valence-corrected chi connectivity index (χ3v) is 5.79. The number of aliphatic hydroxyl groups excluding tert-OH is 1. The molecule has 1 saturated carbocycles. The molecule has 1 aliphatic rings. The highest BCUT2D eigenvalue weighted by atomic mass is 79.9. The van der Waals surface area contributed by atoms with E-state index >= 15 is 0 Å². The lowest BCUT2D eigenvalue weighted by molar-refractivity contribution is 0.0139. The van der Waals surface area contributed by atoms with E-state index in [1.807, 2.05) is 0 Å². The van der Waals surface area contributed by atoms with E-state index in [4.69, 9.17) is 0 Å². The summed E-state index contributed by atoms with van der Waals surface area (Å²) in [5.41, 5.74) is 0.185. The van der Waals surface area contributed by atoms with Gasteiger partial charge in [0.25, 0.3) is 0 Å². The van der Waals surface area contributed by atoms with Crippen LogP contribution in [0.15, 0.2) is 15.9 Å². The summed E-state index contributed by atoms with van der Waals surface area (Å²) in [7, 11) is 0. The fourth-order valence-electron chi connectivity index (χ4n) is 3.43. The van der Waals surface area contributed by atoms with Crippen LogP contribution >= 0.6 is 27.3 Å². The topological polar surface area (TPSA) is 20.2 Å². The second kappa shape index (κ2) is 6.06. The average molecular weight is 331 g/mol. The molecule has 3 heteroatoms. The van der Waals surface area contributed by atoms with Gasteiger partial charge in [0, 0.05) is 11.3 Å². The van der Waals surface area contributed by atoms with Gasteiger partial charge in [0.2, 0.25) is 0 Å². The maximum absolute atomic E-state index is 10.7. The van der Waals surface area contributed by atoms with Crippen molar-refractivity contribution < 1.29 is 5.11 Å². The van der Waals surface area contributed by atoms with Gasteiger partial charge in [0.15, 0.2) is 0 Å². The van der Waals surface area contributed by atoms with E-state index in [-0.39, 0.29) is 11.5 Å². The number of aliphatic hydroxyl groups is 1. The zero-order chi connectivity index (χ0) is 13.2. The summed E-state index contributed by atoms with van der Waals surface area (Å²) < 4.78 is 1.16. The van der Waals surface area contributed by atoms with Gasteiger partial charge in [-0.2, -0.15) is 0 Å². The molecule has 0 saturated heterocycles. The van der Waals surface area contributed by atoms with Crippen molar-refractivity contribution >= 4 is 27.3 Å². The first-order chi connectivity index (χ1) is 8.52. The Balaban J connectivity index is 2.06. The lowest BCUT2D eigenvalue weighted by Gasteiger charge is -2.36. The molecule has 0 spiro atoms. The van der Waals surface area contributed by atoms with Crippen molar-refractivity contribution in [2.24, 2.45) is 11.3 Å². The minimum Gasteiger partial charge on any atom is -0.392 e. The molecule has 0 radical (unpaired) electrons. The van der Waals surface area contributed by atoms with E-state index in [2.05, 4.69) is 41.9 Å². The summed E-state index contributed by atoms with van der Waals surface area (Å²) in [5.74, 6) is 0.674. The van der Waals surface area contributed by atoms with Crippen LogP contribution < -0.4 is 0 Å². The van der Waals surface area contributed by atoms with E-state index in [0.717, 1.165) is 10.2 Å². The Kier molecular flexibility index (Phi) is 4.90. The van der Waals surface area contributed by atoms with Crippen LogP contribution in [0.2, 0.25) is 0 Å². The third kappa shape index (κ3) is 3.37. The van der Waals surface area contributed by atoms with Crippen LogP contribution in [-0.4, -0.2) is 11.2 Å². The van der Waals surface area contributed by atoms with E-state index in [9.17, 15) is 5.11 Å². The highest BCUT2D eigenvalue weighted by molar-refractivity contribution is 9.11. The Morgan fingerprint density at radius 3 is 2.50 bits per heavy atom. The Labute approximate surface area is 123 Å². The maximum atomic E-state index is 10.7. The molecule has 2 rings (SSSR count). The summed E-state index contributed by atoms with van der Waals surface area (Å²) in [4.78, 5) is 1.30. The summed E-state index contributed by atoms with van der Waals surface area (Å²) >= 11 is 5.25. The number of thiophene rings is 1. The van der Waals surface area contributed by atoms with Gasteiger partial charge in [-0.25, -0.2) is 0 Å². The number of rotatable bonds is 5. The molecule has 1 unspecified atom stereocenters. The maximum Gasteiger partial charge on any atom is 0.0701 e. The van der Waals surface area contributed by atoms with Crippen LogP contribution in [0.5, 0.6) is 0 Å². The predicted octanol–water partition coefficient (Wildman–Crippen LogP) is 5.02. The van der Waals surface area contributed by atoms with Gasteiger partial charge in [-0.05, 0) is 58.7 Å². The van der Waals surface area contributed by atoms with Crippen LogP contribution in [0, 0.1) is 11.3 Å². The summed E-state index contributed by atoms with van der Waals surface area (Å²) in [6.45, 7) is 4.54. The first kappa shape index (κ1) is 14.5. The molecule has 1 nitrogen and oxygen atoms in total. The average Bonchev–Trinajstić information content (AvgIpc) is 2.88. The van der Waals surface area contributed by atoms with Crippen molar-refractivity contribution in [3.63, 3.8) is 0 Å². The number of hydrogen-bond donors (Lipinski definition) is 1. The van der Waals surface area contributed by atoms with E-state index in [0.29, 0.717) is 5.92 Å². The van der Waals surface area contributed by atoms with Crippen LogP contribution in [0.3, 0.4) is 0 Å². The van der Waals surface area contributed by atoms with Crippen molar-refractivity contribution in [1.82, 2.24) is 0 Å². The zero-order valence-electron chi connectivity index (χ0n) is 11.3. The standard InChI is InChI=1S/C15H23BrOS/c1-11(2)10-15(7-3-4-8-15)13(17)9-12-5-6-14(16)18-12/h5-6,11,13,17H,3-4,7-10H2,1-2H3. The normalized spacial score (nSPS) is 20.5. The molecule has 1 fully saturated rings. The van der Waals surface area contributed by atoms with Crippen molar-refractivity contribution in [2.45, 2.75) is 58.5 Å². The fourth-order valence-corrected chi connectivity index (χ4v) is 4.95. The van der Waals surface area contributed by atoms with Crippen LogP contribution in [-0.2, 0) is 6.42 Å². The minimum atomic E-state index is -0.173. The van der Waals surface area contributed by atoms with Gasteiger partial charge in [-0.15, -0.1) is 11.3 Å². The lowest BCUT2D eigenvalue weighted by atomic mass is 9.73. The highest BCUT2D eigenvalue weighted by Crippen LogP contribution is 2.47. The van der Waals surface area contributed by atoms with Gasteiger partial charge in [-0.3, -0.25) is 0 Å². The molecular weight excluding hydrogens is 308 g/mol. The first-order valence-corrected chi connectivity index (χ1v) is 8.55. The second-order valence-corrected chi connectivity index (χ2v) is 8.64. The van der Waals surface area contributed by atoms with Crippen LogP contribution in [0.1, 0.15) is 50.8 Å². The molecule has 1 aromatic heterocycles. The molecule has 18 heavy (non-hydrogen) atoms. The van der Waals surface area contributed by atoms with Crippen molar-refractivity contribution in [3.05, 3.63) is 20.8 Å². The summed E-state index contributed by atoms with van der Waals surface area (Å²) in [6, 6.07) is 4.21. The molecule has 0 bridgehead atoms. The zero-order valence-corrected chi connectivity index (χ0v) is 13.7.